The maximum absolute atomic E-state index is 5.65. The standard InChI is InChI=1S/C26H28N4O/c1-29(2)15-4-5-19-8-10-20(11-9-19)17-25-27-26-7-3-6-23(30(26)28-25)21-12-13-24-22(18-21)14-16-31-24/h3,6-13,18H,4-5,14-17H2,1-2H3. The van der Waals surface area contributed by atoms with Crippen molar-refractivity contribution in [3.05, 3.63) is 83.2 Å². The minimum atomic E-state index is 0.733. The van der Waals surface area contributed by atoms with Crippen LogP contribution in [0, 0.1) is 0 Å². The number of rotatable bonds is 7. The summed E-state index contributed by atoms with van der Waals surface area (Å²) < 4.78 is 7.61. The lowest BCUT2D eigenvalue weighted by atomic mass is 10.1. The average Bonchev–Trinajstić information content (AvgIpc) is 3.40. The normalized spacial score (nSPS) is 13.0. The van der Waals surface area contributed by atoms with Gasteiger partial charge in [-0.05, 0) is 80.5 Å². The number of hydrogen-bond acceptors (Lipinski definition) is 4. The number of aryl methyl sites for hydroxylation is 1. The van der Waals surface area contributed by atoms with Gasteiger partial charge in [0.05, 0.1) is 12.3 Å². The van der Waals surface area contributed by atoms with Gasteiger partial charge in [0.2, 0.25) is 0 Å². The number of ether oxygens (including phenoxy) is 1. The van der Waals surface area contributed by atoms with Crippen molar-refractivity contribution in [3.63, 3.8) is 0 Å². The van der Waals surface area contributed by atoms with Crippen molar-refractivity contribution in [3.8, 4) is 17.0 Å². The monoisotopic (exact) mass is 412 g/mol. The third-order valence-electron chi connectivity index (χ3n) is 5.84. The Hall–Kier alpha value is -3.18. The van der Waals surface area contributed by atoms with Crippen LogP contribution in [0.1, 0.15) is 28.9 Å². The molecule has 0 aliphatic carbocycles. The van der Waals surface area contributed by atoms with Crippen LogP contribution in [0.4, 0.5) is 0 Å². The van der Waals surface area contributed by atoms with Gasteiger partial charge < -0.3 is 9.64 Å². The van der Waals surface area contributed by atoms with Crippen molar-refractivity contribution in [1.82, 2.24) is 19.5 Å². The van der Waals surface area contributed by atoms with E-state index in [2.05, 4.69) is 73.6 Å². The van der Waals surface area contributed by atoms with Crippen LogP contribution in [-0.2, 0) is 19.3 Å². The predicted octanol–water partition coefficient (Wildman–Crippen LogP) is 4.42. The topological polar surface area (TPSA) is 42.7 Å². The lowest BCUT2D eigenvalue weighted by molar-refractivity contribution is 0.357. The molecule has 0 radical (unpaired) electrons. The second kappa shape index (κ2) is 8.52. The van der Waals surface area contributed by atoms with E-state index in [0.29, 0.717) is 0 Å². The van der Waals surface area contributed by atoms with Crippen LogP contribution in [-0.4, -0.2) is 46.7 Å². The molecule has 2 aromatic heterocycles. The van der Waals surface area contributed by atoms with Gasteiger partial charge in [-0.3, -0.25) is 0 Å². The first kappa shape index (κ1) is 19.8. The molecule has 0 unspecified atom stereocenters. The van der Waals surface area contributed by atoms with Gasteiger partial charge in [-0.1, -0.05) is 30.3 Å². The van der Waals surface area contributed by atoms with Crippen LogP contribution in [0.25, 0.3) is 16.9 Å². The summed E-state index contributed by atoms with van der Waals surface area (Å²) in [5.74, 6) is 1.85. The first-order valence-corrected chi connectivity index (χ1v) is 11.0. The predicted molar refractivity (Wildman–Crippen MR) is 124 cm³/mol. The van der Waals surface area contributed by atoms with E-state index < -0.39 is 0 Å². The molecule has 1 aliphatic heterocycles. The van der Waals surface area contributed by atoms with Crippen molar-refractivity contribution in [2.45, 2.75) is 25.7 Å². The van der Waals surface area contributed by atoms with Gasteiger partial charge in [0, 0.05) is 18.4 Å². The molecule has 0 fully saturated rings. The maximum Gasteiger partial charge on any atom is 0.156 e. The van der Waals surface area contributed by atoms with E-state index in [1.807, 2.05) is 10.6 Å². The Morgan fingerprint density at radius 2 is 1.84 bits per heavy atom. The summed E-state index contributed by atoms with van der Waals surface area (Å²) in [7, 11) is 4.24. The number of aromatic nitrogens is 3. The van der Waals surface area contributed by atoms with Crippen molar-refractivity contribution >= 4 is 5.65 Å². The molecule has 1 aliphatic rings. The highest BCUT2D eigenvalue weighted by Gasteiger charge is 2.15. The van der Waals surface area contributed by atoms with Crippen LogP contribution in [0.2, 0.25) is 0 Å². The third kappa shape index (κ3) is 4.32. The lowest BCUT2D eigenvalue weighted by Crippen LogP contribution is -2.13. The molecule has 0 N–H and O–H groups in total. The zero-order valence-electron chi connectivity index (χ0n) is 18.2. The van der Waals surface area contributed by atoms with E-state index in [1.54, 1.807) is 0 Å². The van der Waals surface area contributed by atoms with E-state index in [-0.39, 0.29) is 0 Å². The van der Waals surface area contributed by atoms with Crippen LogP contribution >= 0.6 is 0 Å². The molecule has 2 aromatic carbocycles. The molecule has 0 amide bonds. The summed E-state index contributed by atoms with van der Waals surface area (Å²) in [4.78, 5) is 7.01. The summed E-state index contributed by atoms with van der Waals surface area (Å²) in [6, 6.07) is 21.4. The number of hydrogen-bond donors (Lipinski definition) is 0. The lowest BCUT2D eigenvalue weighted by Gasteiger charge is -2.09. The highest BCUT2D eigenvalue weighted by molar-refractivity contribution is 5.65. The van der Waals surface area contributed by atoms with Gasteiger partial charge in [0.25, 0.3) is 0 Å². The van der Waals surface area contributed by atoms with Gasteiger partial charge in [-0.25, -0.2) is 9.50 Å². The Labute approximate surface area is 183 Å². The SMILES string of the molecule is CN(C)CCCc1ccc(Cc2nc3cccc(-c4ccc5c(c4)CCO5)n3n2)cc1. The van der Waals surface area contributed by atoms with Crippen molar-refractivity contribution < 1.29 is 4.74 Å². The molecule has 158 valence electrons. The minimum absolute atomic E-state index is 0.733. The van der Waals surface area contributed by atoms with E-state index in [0.717, 1.165) is 60.9 Å². The Morgan fingerprint density at radius 1 is 1.00 bits per heavy atom. The molecule has 0 bridgehead atoms. The molecule has 5 rings (SSSR count). The zero-order valence-corrected chi connectivity index (χ0v) is 18.2. The van der Waals surface area contributed by atoms with Gasteiger partial charge >= 0.3 is 0 Å². The molecule has 0 saturated carbocycles. The summed E-state index contributed by atoms with van der Waals surface area (Å²) in [5.41, 5.74) is 6.97. The van der Waals surface area contributed by atoms with Crippen molar-refractivity contribution in [2.24, 2.45) is 0 Å². The Balaban J connectivity index is 1.35. The van der Waals surface area contributed by atoms with Crippen molar-refractivity contribution in [1.29, 1.82) is 0 Å². The van der Waals surface area contributed by atoms with E-state index in [9.17, 15) is 0 Å². The average molecular weight is 413 g/mol. The largest absolute Gasteiger partial charge is 0.493 e. The van der Waals surface area contributed by atoms with Gasteiger partial charge in [-0.15, -0.1) is 0 Å². The summed E-state index contributed by atoms with van der Waals surface area (Å²) in [5, 5.41) is 4.84. The van der Waals surface area contributed by atoms with Gasteiger partial charge in [-0.2, -0.15) is 5.10 Å². The highest BCUT2D eigenvalue weighted by Crippen LogP contribution is 2.30. The highest BCUT2D eigenvalue weighted by atomic mass is 16.5. The molecular formula is C26H28N4O. The molecule has 5 nitrogen and oxygen atoms in total. The minimum Gasteiger partial charge on any atom is -0.493 e. The number of nitrogens with zero attached hydrogens (tertiary/aromatic N) is 4. The second-order valence-corrected chi connectivity index (χ2v) is 8.53. The summed E-state index contributed by atoms with van der Waals surface area (Å²) in [6.45, 7) is 1.89. The van der Waals surface area contributed by atoms with Crippen LogP contribution in [0.5, 0.6) is 5.75 Å². The quantitative estimate of drug-likeness (QED) is 0.451. The fourth-order valence-corrected chi connectivity index (χ4v) is 4.19. The molecule has 0 atom stereocenters. The van der Waals surface area contributed by atoms with Crippen molar-refractivity contribution in [2.75, 3.05) is 27.2 Å². The summed E-state index contributed by atoms with van der Waals surface area (Å²) >= 11 is 0. The molecule has 4 aromatic rings. The van der Waals surface area contributed by atoms with E-state index in [4.69, 9.17) is 14.8 Å². The van der Waals surface area contributed by atoms with Gasteiger partial charge in [0.1, 0.15) is 5.75 Å². The van der Waals surface area contributed by atoms with Crippen LogP contribution in [0.3, 0.4) is 0 Å². The molecule has 0 spiro atoms. The first-order valence-electron chi connectivity index (χ1n) is 11.0. The fourth-order valence-electron chi connectivity index (χ4n) is 4.19. The molecule has 31 heavy (non-hydrogen) atoms. The molecule has 3 heterocycles. The second-order valence-electron chi connectivity index (χ2n) is 8.53. The number of benzene rings is 2. The van der Waals surface area contributed by atoms with E-state index >= 15 is 0 Å². The first-order chi connectivity index (χ1) is 15.2. The van der Waals surface area contributed by atoms with Gasteiger partial charge in [0.15, 0.2) is 11.5 Å². The molecule has 5 heteroatoms. The Bertz CT molecular complexity index is 1190. The zero-order chi connectivity index (χ0) is 21.2. The Kier molecular flexibility index (Phi) is 5.43. The molecular weight excluding hydrogens is 384 g/mol. The smallest absolute Gasteiger partial charge is 0.156 e. The fraction of sp³-hybridized carbons (Fsp3) is 0.308. The third-order valence-corrected chi connectivity index (χ3v) is 5.84. The van der Waals surface area contributed by atoms with E-state index in [1.165, 1.54) is 23.1 Å². The Morgan fingerprint density at radius 3 is 2.68 bits per heavy atom. The summed E-state index contributed by atoms with van der Waals surface area (Å²) in [6.07, 6.45) is 3.99. The maximum atomic E-state index is 5.65. The van der Waals surface area contributed by atoms with Crippen LogP contribution < -0.4 is 4.74 Å². The van der Waals surface area contributed by atoms with Crippen LogP contribution in [0.15, 0.2) is 60.7 Å². The number of pyridine rings is 1. The number of fused-ring (bicyclic) bond motifs is 2. The molecule has 0 saturated heterocycles.